The predicted molar refractivity (Wildman–Crippen MR) is 111 cm³/mol. The topological polar surface area (TPSA) is 90.9 Å². The number of para-hydroxylation sites is 1. The second-order valence-electron chi connectivity index (χ2n) is 7.15. The number of phenolic OH excluding ortho intramolecular Hbond substituents is 1. The Morgan fingerprint density at radius 3 is 2.52 bits per heavy atom. The molecule has 1 atom stereocenters. The summed E-state index contributed by atoms with van der Waals surface area (Å²) in [6.07, 6.45) is 1.54. The average Bonchev–Trinajstić information content (AvgIpc) is 2.74. The summed E-state index contributed by atoms with van der Waals surface area (Å²) in [5, 5.41) is 15.1. The van der Waals surface area contributed by atoms with E-state index in [2.05, 4.69) is 10.6 Å². The van der Waals surface area contributed by atoms with Crippen LogP contribution < -0.4 is 10.6 Å². The summed E-state index contributed by atoms with van der Waals surface area (Å²) in [5.41, 5.74) is 2.06. The number of hydrogen-bond donors (Lipinski definition) is 3. The third-order valence-electron chi connectivity index (χ3n) is 4.88. The second-order valence-corrected chi connectivity index (χ2v) is 7.15. The van der Waals surface area contributed by atoms with E-state index in [4.69, 9.17) is 4.74 Å². The molecule has 1 heterocycles. The van der Waals surface area contributed by atoms with Gasteiger partial charge in [0.2, 0.25) is 0 Å². The number of nitrogens with zero attached hydrogens (tertiary/aromatic N) is 1. The minimum Gasteiger partial charge on any atom is -0.508 e. The Kier molecular flexibility index (Phi) is 7.08. The molecule has 7 heteroatoms. The predicted octanol–water partition coefficient (Wildman–Crippen LogP) is 3.01. The highest BCUT2D eigenvalue weighted by Gasteiger charge is 2.21. The lowest BCUT2D eigenvalue weighted by molar-refractivity contribution is 0.0303. The van der Waals surface area contributed by atoms with Gasteiger partial charge in [0.25, 0.3) is 5.91 Å². The van der Waals surface area contributed by atoms with Gasteiger partial charge < -0.3 is 25.4 Å². The van der Waals surface area contributed by atoms with Crippen molar-refractivity contribution in [1.29, 1.82) is 0 Å². The SMILES string of the molecule is C[C@H](CCc1ccc(O)cc1)NC(=O)Nc1ccccc1C(=O)N1CCOCC1. The molecule has 0 unspecified atom stereocenters. The molecule has 0 aliphatic carbocycles. The summed E-state index contributed by atoms with van der Waals surface area (Å²) in [5.74, 6) is 0.133. The lowest BCUT2D eigenvalue weighted by Crippen LogP contribution is -2.41. The van der Waals surface area contributed by atoms with Crippen molar-refractivity contribution in [3.63, 3.8) is 0 Å². The molecule has 3 N–H and O–H groups in total. The van der Waals surface area contributed by atoms with E-state index in [9.17, 15) is 14.7 Å². The number of carbonyl (C=O) groups is 2. The van der Waals surface area contributed by atoms with Crippen LogP contribution in [-0.2, 0) is 11.2 Å². The molecule has 3 amide bonds. The molecule has 0 aromatic heterocycles. The van der Waals surface area contributed by atoms with Gasteiger partial charge in [-0.15, -0.1) is 0 Å². The Bertz CT molecular complexity index is 832. The minimum absolute atomic E-state index is 0.0501. The first-order chi connectivity index (χ1) is 14.0. The molecule has 1 saturated heterocycles. The van der Waals surface area contributed by atoms with Gasteiger partial charge in [-0.1, -0.05) is 24.3 Å². The monoisotopic (exact) mass is 397 g/mol. The van der Waals surface area contributed by atoms with E-state index in [-0.39, 0.29) is 23.7 Å². The van der Waals surface area contributed by atoms with Crippen LogP contribution in [0.5, 0.6) is 5.75 Å². The first kappa shape index (κ1) is 20.7. The fourth-order valence-corrected chi connectivity index (χ4v) is 3.22. The van der Waals surface area contributed by atoms with Gasteiger partial charge in [0, 0.05) is 19.1 Å². The van der Waals surface area contributed by atoms with Crippen molar-refractivity contribution in [2.75, 3.05) is 31.6 Å². The van der Waals surface area contributed by atoms with Crippen molar-refractivity contribution in [3.05, 3.63) is 59.7 Å². The van der Waals surface area contributed by atoms with E-state index in [0.717, 1.165) is 18.4 Å². The van der Waals surface area contributed by atoms with Gasteiger partial charge in [-0.3, -0.25) is 4.79 Å². The molecular formula is C22H27N3O4. The molecular weight excluding hydrogens is 370 g/mol. The summed E-state index contributed by atoms with van der Waals surface area (Å²) in [6, 6.07) is 13.7. The van der Waals surface area contributed by atoms with Crippen molar-refractivity contribution < 1.29 is 19.4 Å². The number of aryl methyl sites for hydroxylation is 1. The van der Waals surface area contributed by atoms with Gasteiger partial charge >= 0.3 is 6.03 Å². The average molecular weight is 397 g/mol. The second kappa shape index (κ2) is 9.93. The molecule has 7 nitrogen and oxygen atoms in total. The van der Waals surface area contributed by atoms with Crippen LogP contribution in [0.15, 0.2) is 48.5 Å². The number of rotatable bonds is 6. The zero-order valence-electron chi connectivity index (χ0n) is 16.6. The first-order valence-electron chi connectivity index (χ1n) is 9.84. The number of ether oxygens (including phenoxy) is 1. The summed E-state index contributed by atoms with van der Waals surface area (Å²) in [7, 11) is 0. The third-order valence-corrected chi connectivity index (χ3v) is 4.88. The van der Waals surface area contributed by atoms with Crippen LogP contribution >= 0.6 is 0 Å². The number of phenols is 1. The van der Waals surface area contributed by atoms with E-state index in [1.165, 1.54) is 0 Å². The van der Waals surface area contributed by atoms with E-state index in [1.807, 2.05) is 19.1 Å². The van der Waals surface area contributed by atoms with E-state index >= 15 is 0 Å². The van der Waals surface area contributed by atoms with E-state index < -0.39 is 0 Å². The largest absolute Gasteiger partial charge is 0.508 e. The number of aromatic hydroxyl groups is 1. The molecule has 2 aromatic carbocycles. The van der Waals surface area contributed by atoms with Crippen molar-refractivity contribution in [3.8, 4) is 5.75 Å². The van der Waals surface area contributed by atoms with Crippen molar-refractivity contribution >= 4 is 17.6 Å². The van der Waals surface area contributed by atoms with Crippen LogP contribution in [-0.4, -0.2) is 54.3 Å². The van der Waals surface area contributed by atoms with Crippen LogP contribution in [0.25, 0.3) is 0 Å². The zero-order chi connectivity index (χ0) is 20.6. The number of carbonyl (C=O) groups excluding carboxylic acids is 2. The Balaban J connectivity index is 1.54. The molecule has 2 aromatic rings. The minimum atomic E-state index is -0.342. The summed E-state index contributed by atoms with van der Waals surface area (Å²) in [4.78, 5) is 27.0. The number of morpholine rings is 1. The quantitative estimate of drug-likeness (QED) is 0.699. The molecule has 0 radical (unpaired) electrons. The fourth-order valence-electron chi connectivity index (χ4n) is 3.22. The lowest BCUT2D eigenvalue weighted by atomic mass is 10.1. The van der Waals surface area contributed by atoms with Crippen molar-refractivity contribution in [2.24, 2.45) is 0 Å². The van der Waals surface area contributed by atoms with Crippen LogP contribution in [0.2, 0.25) is 0 Å². The molecule has 3 rings (SSSR count). The maximum Gasteiger partial charge on any atom is 0.319 e. The Morgan fingerprint density at radius 1 is 1.10 bits per heavy atom. The highest BCUT2D eigenvalue weighted by molar-refractivity contribution is 6.03. The van der Waals surface area contributed by atoms with Crippen molar-refractivity contribution in [2.45, 2.75) is 25.8 Å². The molecule has 1 fully saturated rings. The number of nitrogens with one attached hydrogen (secondary N) is 2. The zero-order valence-corrected chi connectivity index (χ0v) is 16.6. The third kappa shape index (κ3) is 5.96. The van der Waals surface area contributed by atoms with Crippen LogP contribution in [0.1, 0.15) is 29.3 Å². The van der Waals surface area contributed by atoms with Gasteiger partial charge in [-0.05, 0) is 49.6 Å². The van der Waals surface area contributed by atoms with Gasteiger partial charge in [0.1, 0.15) is 5.75 Å². The van der Waals surface area contributed by atoms with Crippen molar-refractivity contribution in [1.82, 2.24) is 10.2 Å². The Labute approximate surface area is 170 Å². The Morgan fingerprint density at radius 2 is 1.79 bits per heavy atom. The van der Waals surface area contributed by atoms with Gasteiger partial charge in [-0.2, -0.15) is 0 Å². The van der Waals surface area contributed by atoms with Gasteiger partial charge in [0.05, 0.1) is 24.5 Å². The fraction of sp³-hybridized carbons (Fsp3) is 0.364. The molecule has 0 spiro atoms. The number of amides is 3. The summed E-state index contributed by atoms with van der Waals surface area (Å²) < 4.78 is 5.30. The molecule has 154 valence electrons. The molecule has 0 bridgehead atoms. The maximum absolute atomic E-state index is 12.8. The van der Waals surface area contributed by atoms with E-state index in [1.54, 1.807) is 41.3 Å². The first-order valence-corrected chi connectivity index (χ1v) is 9.84. The van der Waals surface area contributed by atoms with Crippen LogP contribution in [0, 0.1) is 0 Å². The standard InChI is InChI=1S/C22H27N3O4/c1-16(6-7-17-8-10-18(26)11-9-17)23-22(28)24-20-5-3-2-4-19(20)21(27)25-12-14-29-15-13-25/h2-5,8-11,16,26H,6-7,12-15H2,1H3,(H2,23,24,28)/t16-/m1/s1. The maximum atomic E-state index is 12.8. The normalized spacial score (nSPS) is 14.9. The summed E-state index contributed by atoms with van der Waals surface area (Å²) in [6.45, 7) is 4.09. The molecule has 29 heavy (non-hydrogen) atoms. The smallest absolute Gasteiger partial charge is 0.319 e. The number of benzene rings is 2. The molecule has 1 aliphatic rings. The lowest BCUT2D eigenvalue weighted by Gasteiger charge is -2.27. The summed E-state index contributed by atoms with van der Waals surface area (Å²) >= 11 is 0. The van der Waals surface area contributed by atoms with Gasteiger partial charge in [-0.25, -0.2) is 4.79 Å². The van der Waals surface area contributed by atoms with Crippen LogP contribution in [0.4, 0.5) is 10.5 Å². The van der Waals surface area contributed by atoms with Crippen LogP contribution in [0.3, 0.4) is 0 Å². The number of urea groups is 1. The Hall–Kier alpha value is -3.06. The highest BCUT2D eigenvalue weighted by Crippen LogP contribution is 2.18. The number of hydrogen-bond acceptors (Lipinski definition) is 4. The molecule has 1 aliphatic heterocycles. The van der Waals surface area contributed by atoms with E-state index in [0.29, 0.717) is 37.6 Å². The number of anilines is 1. The van der Waals surface area contributed by atoms with Gasteiger partial charge in [0.15, 0.2) is 0 Å². The molecule has 0 saturated carbocycles. The highest BCUT2D eigenvalue weighted by atomic mass is 16.5.